The van der Waals surface area contributed by atoms with E-state index >= 15 is 0 Å². The number of alkyl halides is 3. The largest absolute Gasteiger partial charge is 0.417 e. The van der Waals surface area contributed by atoms with E-state index in [1.807, 2.05) is 0 Å². The molecule has 0 saturated carbocycles. The molecule has 0 bridgehead atoms. The summed E-state index contributed by atoms with van der Waals surface area (Å²) in [5.41, 5.74) is -0.288. The number of hydrogen-bond donors (Lipinski definition) is 1. The molecule has 4 rings (SSSR count). The molecule has 1 unspecified atom stereocenters. The fourth-order valence-corrected chi connectivity index (χ4v) is 4.01. The fraction of sp³-hybridized carbons (Fsp3) is 0.400. The van der Waals surface area contributed by atoms with E-state index in [0.29, 0.717) is 42.2 Å². The number of likely N-dealkylation sites (tertiary alicyclic amines) is 1. The molecular formula is C20H19F3N4O3. The van der Waals surface area contributed by atoms with Crippen molar-refractivity contribution in [2.75, 3.05) is 13.1 Å². The SMILES string of the molecule is Cc1cc(C(F)(F)F)c2c(=O)[nH]c(C3CCN(C(=O)c4c(C)noc4C)C3)cc2n1. The smallest absolute Gasteiger partial charge is 0.361 e. The number of aromatic amines is 1. The average molecular weight is 420 g/mol. The van der Waals surface area contributed by atoms with Gasteiger partial charge < -0.3 is 14.4 Å². The Bertz CT molecular complexity index is 1190. The van der Waals surface area contributed by atoms with Crippen LogP contribution in [-0.4, -0.2) is 39.0 Å². The average Bonchev–Trinajstić information content (AvgIpc) is 3.26. The number of aromatic nitrogens is 3. The maximum absolute atomic E-state index is 13.4. The number of carbonyl (C=O) groups excluding carboxylic acids is 1. The van der Waals surface area contributed by atoms with Gasteiger partial charge in [-0.25, -0.2) is 0 Å². The molecule has 1 aliphatic rings. The van der Waals surface area contributed by atoms with Crippen molar-refractivity contribution in [1.82, 2.24) is 20.0 Å². The number of pyridine rings is 2. The van der Waals surface area contributed by atoms with Crippen molar-refractivity contribution < 1.29 is 22.5 Å². The summed E-state index contributed by atoms with van der Waals surface area (Å²) in [6.07, 6.45) is -4.10. The molecule has 1 N–H and O–H groups in total. The number of H-pyrrole nitrogens is 1. The van der Waals surface area contributed by atoms with Crippen molar-refractivity contribution in [3.05, 3.63) is 56.5 Å². The maximum Gasteiger partial charge on any atom is 0.417 e. The lowest BCUT2D eigenvalue weighted by molar-refractivity contribution is -0.136. The standard InChI is InChI=1S/C20H19F3N4O3/c1-9-6-13(20(21,22)23)17-15(24-9)7-14(25-18(17)28)12-4-5-27(8-12)19(29)16-10(2)26-30-11(16)3/h6-7,12H,4-5,8H2,1-3H3,(H,25,28). The summed E-state index contributed by atoms with van der Waals surface area (Å²) < 4.78 is 45.2. The molecule has 0 spiro atoms. The summed E-state index contributed by atoms with van der Waals surface area (Å²) in [4.78, 5) is 33.7. The Balaban J connectivity index is 1.68. The zero-order valence-corrected chi connectivity index (χ0v) is 16.6. The van der Waals surface area contributed by atoms with E-state index < -0.39 is 22.7 Å². The second-order valence-corrected chi connectivity index (χ2v) is 7.56. The first-order valence-corrected chi connectivity index (χ1v) is 9.40. The first-order valence-electron chi connectivity index (χ1n) is 9.40. The van der Waals surface area contributed by atoms with E-state index in [-0.39, 0.29) is 23.0 Å². The minimum atomic E-state index is -4.66. The van der Waals surface area contributed by atoms with Crippen LogP contribution in [0.2, 0.25) is 0 Å². The van der Waals surface area contributed by atoms with Gasteiger partial charge in [-0.05, 0) is 39.3 Å². The lowest BCUT2D eigenvalue weighted by Gasteiger charge is -2.17. The highest BCUT2D eigenvalue weighted by molar-refractivity contribution is 5.96. The summed E-state index contributed by atoms with van der Waals surface area (Å²) >= 11 is 0. The number of nitrogens with zero attached hydrogens (tertiary/aromatic N) is 3. The lowest BCUT2D eigenvalue weighted by Crippen LogP contribution is -2.29. The highest BCUT2D eigenvalue weighted by atomic mass is 19.4. The number of aryl methyl sites for hydroxylation is 3. The van der Waals surface area contributed by atoms with Crippen molar-refractivity contribution in [2.45, 2.75) is 39.3 Å². The summed E-state index contributed by atoms with van der Waals surface area (Å²) in [5, 5.41) is 3.32. The van der Waals surface area contributed by atoms with Crippen LogP contribution in [0, 0.1) is 20.8 Å². The Morgan fingerprint density at radius 1 is 1.27 bits per heavy atom. The Morgan fingerprint density at radius 2 is 2.00 bits per heavy atom. The first kappa shape index (κ1) is 20.1. The number of halogens is 3. The fourth-order valence-electron chi connectivity index (χ4n) is 4.01. The van der Waals surface area contributed by atoms with Gasteiger partial charge >= 0.3 is 6.18 Å². The van der Waals surface area contributed by atoms with Gasteiger partial charge in [-0.3, -0.25) is 14.6 Å². The van der Waals surface area contributed by atoms with Crippen molar-refractivity contribution >= 4 is 16.8 Å². The number of hydrogen-bond acceptors (Lipinski definition) is 5. The van der Waals surface area contributed by atoms with Gasteiger partial charge in [-0.15, -0.1) is 0 Å². The number of rotatable bonds is 2. The second kappa shape index (κ2) is 6.96. The van der Waals surface area contributed by atoms with E-state index in [1.54, 1.807) is 18.7 Å². The van der Waals surface area contributed by atoms with Crippen LogP contribution in [0.3, 0.4) is 0 Å². The predicted molar refractivity (Wildman–Crippen MR) is 101 cm³/mol. The molecule has 3 aromatic heterocycles. The van der Waals surface area contributed by atoms with E-state index in [0.717, 1.165) is 6.07 Å². The Morgan fingerprint density at radius 3 is 2.63 bits per heavy atom. The molecule has 30 heavy (non-hydrogen) atoms. The van der Waals surface area contributed by atoms with E-state index in [9.17, 15) is 22.8 Å². The third kappa shape index (κ3) is 3.35. The van der Waals surface area contributed by atoms with Gasteiger partial charge in [-0.2, -0.15) is 13.2 Å². The molecule has 1 amide bonds. The first-order chi connectivity index (χ1) is 14.1. The van der Waals surface area contributed by atoms with Crippen LogP contribution in [0.5, 0.6) is 0 Å². The molecule has 10 heteroatoms. The molecular weight excluding hydrogens is 401 g/mol. The molecule has 3 aromatic rings. The molecule has 0 radical (unpaired) electrons. The van der Waals surface area contributed by atoms with E-state index in [4.69, 9.17) is 4.52 Å². The van der Waals surface area contributed by atoms with Crippen LogP contribution in [0.4, 0.5) is 13.2 Å². The highest BCUT2D eigenvalue weighted by Crippen LogP contribution is 2.34. The minimum absolute atomic E-state index is 0.00317. The van der Waals surface area contributed by atoms with Gasteiger partial charge in [-0.1, -0.05) is 5.16 Å². The van der Waals surface area contributed by atoms with Crippen LogP contribution in [0.15, 0.2) is 21.5 Å². The highest BCUT2D eigenvalue weighted by Gasteiger charge is 2.36. The van der Waals surface area contributed by atoms with Crippen LogP contribution >= 0.6 is 0 Å². The quantitative estimate of drug-likeness (QED) is 0.685. The van der Waals surface area contributed by atoms with Gasteiger partial charge in [0.25, 0.3) is 11.5 Å². The third-order valence-corrected chi connectivity index (χ3v) is 5.42. The number of nitrogens with one attached hydrogen (secondary N) is 1. The molecule has 1 saturated heterocycles. The number of fused-ring (bicyclic) bond motifs is 1. The van der Waals surface area contributed by atoms with E-state index in [1.165, 1.54) is 13.0 Å². The van der Waals surface area contributed by atoms with Gasteiger partial charge in [0, 0.05) is 30.4 Å². The van der Waals surface area contributed by atoms with Crippen LogP contribution < -0.4 is 5.56 Å². The third-order valence-electron chi connectivity index (χ3n) is 5.42. The molecule has 1 fully saturated rings. The van der Waals surface area contributed by atoms with Crippen molar-refractivity contribution in [2.24, 2.45) is 0 Å². The molecule has 7 nitrogen and oxygen atoms in total. The Labute approximate surface area is 168 Å². The maximum atomic E-state index is 13.4. The van der Waals surface area contributed by atoms with Crippen LogP contribution in [0.25, 0.3) is 10.9 Å². The molecule has 158 valence electrons. The van der Waals surface area contributed by atoms with Crippen molar-refractivity contribution in [3.63, 3.8) is 0 Å². The van der Waals surface area contributed by atoms with Gasteiger partial charge in [0.15, 0.2) is 0 Å². The van der Waals surface area contributed by atoms with E-state index in [2.05, 4.69) is 15.1 Å². The lowest BCUT2D eigenvalue weighted by atomic mass is 10.0. The summed E-state index contributed by atoms with van der Waals surface area (Å²) in [7, 11) is 0. The monoisotopic (exact) mass is 420 g/mol. The van der Waals surface area contributed by atoms with Gasteiger partial charge in [0.1, 0.15) is 11.3 Å². The summed E-state index contributed by atoms with van der Waals surface area (Å²) in [5.74, 6) is -0.00666. The molecule has 0 aromatic carbocycles. The predicted octanol–water partition coefficient (Wildman–Crippen LogP) is 3.48. The molecule has 1 atom stereocenters. The molecule has 4 heterocycles. The van der Waals surface area contributed by atoms with Crippen LogP contribution in [0.1, 0.15) is 51.1 Å². The zero-order valence-electron chi connectivity index (χ0n) is 16.6. The van der Waals surface area contributed by atoms with Gasteiger partial charge in [0.05, 0.1) is 22.2 Å². The molecule has 0 aliphatic carbocycles. The normalized spacial score (nSPS) is 17.1. The van der Waals surface area contributed by atoms with Crippen molar-refractivity contribution in [3.8, 4) is 0 Å². The summed E-state index contributed by atoms with van der Waals surface area (Å²) in [6, 6.07) is 2.35. The summed E-state index contributed by atoms with van der Waals surface area (Å²) in [6.45, 7) is 5.57. The Hall–Kier alpha value is -3.17. The van der Waals surface area contributed by atoms with Crippen molar-refractivity contribution in [1.29, 1.82) is 0 Å². The van der Waals surface area contributed by atoms with Gasteiger partial charge in [0.2, 0.25) is 0 Å². The number of carbonyl (C=O) groups is 1. The Kier molecular flexibility index (Phi) is 4.67. The topological polar surface area (TPSA) is 92.1 Å². The number of amides is 1. The zero-order chi connectivity index (χ0) is 21.8. The minimum Gasteiger partial charge on any atom is -0.361 e. The molecule has 1 aliphatic heterocycles. The second-order valence-electron chi connectivity index (χ2n) is 7.56. The van der Waals surface area contributed by atoms with Crippen LogP contribution in [-0.2, 0) is 6.18 Å².